The molecule has 0 saturated heterocycles. The average molecular weight is 401 g/mol. The van der Waals surface area contributed by atoms with Gasteiger partial charge < -0.3 is 10.1 Å². The SMILES string of the molecule is COc1ccc(-c2n[nH]c(=S)n2CCC(=O)Nc2cccc(SC)c2)cc1. The Morgan fingerprint density at radius 3 is 2.78 bits per heavy atom. The molecule has 0 fully saturated rings. The number of hydrogen-bond acceptors (Lipinski definition) is 5. The molecule has 0 bridgehead atoms. The first-order valence-electron chi connectivity index (χ1n) is 8.34. The van der Waals surface area contributed by atoms with Crippen molar-refractivity contribution in [3.63, 3.8) is 0 Å². The first kappa shape index (κ1) is 19.2. The van der Waals surface area contributed by atoms with Gasteiger partial charge in [-0.25, -0.2) is 0 Å². The highest BCUT2D eigenvalue weighted by Gasteiger charge is 2.11. The number of ether oxygens (including phenoxy) is 1. The van der Waals surface area contributed by atoms with Gasteiger partial charge in [0.2, 0.25) is 5.91 Å². The van der Waals surface area contributed by atoms with Crippen molar-refractivity contribution < 1.29 is 9.53 Å². The van der Waals surface area contributed by atoms with Gasteiger partial charge in [-0.2, -0.15) is 5.10 Å². The van der Waals surface area contributed by atoms with Crippen molar-refractivity contribution in [3.05, 3.63) is 53.3 Å². The fourth-order valence-electron chi connectivity index (χ4n) is 2.62. The van der Waals surface area contributed by atoms with Gasteiger partial charge in [-0.3, -0.25) is 14.5 Å². The smallest absolute Gasteiger partial charge is 0.226 e. The number of benzene rings is 2. The number of anilines is 1. The van der Waals surface area contributed by atoms with Crippen LogP contribution in [-0.4, -0.2) is 34.0 Å². The summed E-state index contributed by atoms with van der Waals surface area (Å²) in [4.78, 5) is 13.4. The third-order valence-corrected chi connectivity index (χ3v) is 5.06. The third-order valence-electron chi connectivity index (χ3n) is 4.02. The van der Waals surface area contributed by atoms with Crippen molar-refractivity contribution in [2.75, 3.05) is 18.7 Å². The van der Waals surface area contributed by atoms with Crippen LogP contribution < -0.4 is 10.1 Å². The molecule has 6 nitrogen and oxygen atoms in total. The lowest BCUT2D eigenvalue weighted by Crippen LogP contribution is -2.15. The number of aromatic amines is 1. The van der Waals surface area contributed by atoms with Gasteiger partial charge in [-0.15, -0.1) is 11.8 Å². The lowest BCUT2D eigenvalue weighted by molar-refractivity contribution is -0.116. The third kappa shape index (κ3) is 4.78. The molecule has 0 atom stereocenters. The van der Waals surface area contributed by atoms with Crippen LogP contribution in [0.25, 0.3) is 11.4 Å². The number of hydrogen-bond donors (Lipinski definition) is 2. The van der Waals surface area contributed by atoms with Crippen LogP contribution in [0.5, 0.6) is 5.75 Å². The van der Waals surface area contributed by atoms with E-state index >= 15 is 0 Å². The number of aromatic nitrogens is 3. The summed E-state index contributed by atoms with van der Waals surface area (Å²) >= 11 is 6.96. The summed E-state index contributed by atoms with van der Waals surface area (Å²) in [6.07, 6.45) is 2.29. The number of nitrogens with one attached hydrogen (secondary N) is 2. The van der Waals surface area contributed by atoms with Crippen LogP contribution in [0.3, 0.4) is 0 Å². The Kier molecular flexibility index (Phi) is 6.31. The summed E-state index contributed by atoms with van der Waals surface area (Å²) in [5.41, 5.74) is 1.69. The molecular formula is C19H20N4O2S2. The number of carbonyl (C=O) groups excluding carboxylic acids is 1. The maximum Gasteiger partial charge on any atom is 0.226 e. The van der Waals surface area contributed by atoms with Crippen molar-refractivity contribution in [1.82, 2.24) is 14.8 Å². The van der Waals surface area contributed by atoms with E-state index in [4.69, 9.17) is 17.0 Å². The second-order valence-corrected chi connectivity index (χ2v) is 7.03. The van der Waals surface area contributed by atoms with Crippen molar-refractivity contribution in [2.45, 2.75) is 17.9 Å². The zero-order valence-corrected chi connectivity index (χ0v) is 16.7. The standard InChI is InChI=1S/C19H20N4O2S2/c1-25-15-8-6-13(7-9-15)18-21-22-19(26)23(18)11-10-17(24)20-14-4-3-5-16(12-14)27-2/h3-9,12H,10-11H2,1-2H3,(H,20,24)(H,22,26). The van der Waals surface area contributed by atoms with Crippen LogP contribution in [0.15, 0.2) is 53.4 Å². The summed E-state index contributed by atoms with van der Waals surface area (Å²) < 4.78 is 7.50. The highest BCUT2D eigenvalue weighted by Crippen LogP contribution is 2.22. The Bertz CT molecular complexity index is 980. The van der Waals surface area contributed by atoms with E-state index in [1.165, 1.54) is 0 Å². The Hall–Kier alpha value is -2.58. The van der Waals surface area contributed by atoms with Gasteiger partial charge in [-0.05, 0) is 60.9 Å². The molecule has 1 amide bonds. The van der Waals surface area contributed by atoms with Crippen LogP contribution >= 0.6 is 24.0 Å². The Balaban J connectivity index is 1.69. The monoisotopic (exact) mass is 400 g/mol. The molecule has 8 heteroatoms. The molecule has 140 valence electrons. The summed E-state index contributed by atoms with van der Waals surface area (Å²) in [6.45, 7) is 0.435. The number of methoxy groups -OCH3 is 1. The fourth-order valence-corrected chi connectivity index (χ4v) is 3.31. The van der Waals surface area contributed by atoms with Gasteiger partial charge in [0.1, 0.15) is 5.75 Å². The van der Waals surface area contributed by atoms with Gasteiger partial charge in [0.05, 0.1) is 7.11 Å². The van der Waals surface area contributed by atoms with Gasteiger partial charge in [0.25, 0.3) is 0 Å². The molecule has 0 spiro atoms. The minimum Gasteiger partial charge on any atom is -0.497 e. The molecule has 1 heterocycles. The van der Waals surface area contributed by atoms with E-state index in [0.29, 0.717) is 23.6 Å². The zero-order valence-electron chi connectivity index (χ0n) is 15.1. The maximum atomic E-state index is 12.3. The van der Waals surface area contributed by atoms with Crippen molar-refractivity contribution >= 4 is 35.6 Å². The Morgan fingerprint density at radius 2 is 2.07 bits per heavy atom. The minimum atomic E-state index is -0.0722. The summed E-state index contributed by atoms with van der Waals surface area (Å²) in [7, 11) is 1.62. The van der Waals surface area contributed by atoms with Crippen LogP contribution in [0.2, 0.25) is 0 Å². The van der Waals surface area contributed by atoms with E-state index in [1.54, 1.807) is 18.9 Å². The normalized spacial score (nSPS) is 10.6. The molecule has 27 heavy (non-hydrogen) atoms. The Morgan fingerprint density at radius 1 is 1.30 bits per heavy atom. The molecule has 0 aliphatic heterocycles. The highest BCUT2D eigenvalue weighted by atomic mass is 32.2. The topological polar surface area (TPSA) is 71.9 Å². The first-order chi connectivity index (χ1) is 13.1. The number of nitrogens with zero attached hydrogens (tertiary/aromatic N) is 2. The van der Waals surface area contributed by atoms with Gasteiger partial charge in [0, 0.05) is 29.1 Å². The van der Waals surface area contributed by atoms with Crippen molar-refractivity contribution in [1.29, 1.82) is 0 Å². The average Bonchev–Trinajstić information content (AvgIpc) is 3.07. The molecule has 0 radical (unpaired) electrons. The largest absolute Gasteiger partial charge is 0.497 e. The molecule has 0 aliphatic rings. The zero-order chi connectivity index (χ0) is 19.2. The van der Waals surface area contributed by atoms with Gasteiger partial charge in [0.15, 0.2) is 10.6 Å². The number of H-pyrrole nitrogens is 1. The van der Waals surface area contributed by atoms with E-state index in [9.17, 15) is 4.79 Å². The van der Waals surface area contributed by atoms with Crippen LogP contribution in [-0.2, 0) is 11.3 Å². The predicted molar refractivity (Wildman–Crippen MR) is 111 cm³/mol. The highest BCUT2D eigenvalue weighted by molar-refractivity contribution is 7.98. The summed E-state index contributed by atoms with van der Waals surface area (Å²) in [5, 5.41) is 10.0. The second kappa shape index (κ2) is 8.88. The molecule has 2 N–H and O–H groups in total. The fraction of sp³-hybridized carbons (Fsp3) is 0.211. The molecule has 3 rings (SSSR count). The minimum absolute atomic E-state index is 0.0722. The number of rotatable bonds is 7. The van der Waals surface area contributed by atoms with Gasteiger partial charge in [-0.1, -0.05) is 6.07 Å². The number of carbonyl (C=O) groups is 1. The predicted octanol–water partition coefficient (Wildman–Crippen LogP) is 4.37. The molecule has 1 aromatic heterocycles. The van der Waals surface area contributed by atoms with E-state index in [2.05, 4.69) is 15.5 Å². The van der Waals surface area contributed by atoms with E-state index in [-0.39, 0.29) is 5.91 Å². The second-order valence-electron chi connectivity index (χ2n) is 5.76. The molecular weight excluding hydrogens is 380 g/mol. The van der Waals surface area contributed by atoms with Crippen LogP contribution in [0.1, 0.15) is 6.42 Å². The lowest BCUT2D eigenvalue weighted by atomic mass is 10.2. The molecule has 3 aromatic rings. The van der Waals surface area contributed by atoms with Gasteiger partial charge >= 0.3 is 0 Å². The molecule has 0 unspecified atom stereocenters. The van der Waals surface area contributed by atoms with Crippen LogP contribution in [0.4, 0.5) is 5.69 Å². The molecule has 2 aromatic carbocycles. The number of thioether (sulfide) groups is 1. The quantitative estimate of drug-likeness (QED) is 0.455. The van der Waals surface area contributed by atoms with Crippen molar-refractivity contribution in [2.24, 2.45) is 0 Å². The van der Waals surface area contributed by atoms with Crippen LogP contribution in [0, 0.1) is 4.77 Å². The summed E-state index contributed by atoms with van der Waals surface area (Å²) in [5.74, 6) is 1.39. The Labute approximate surface area is 167 Å². The first-order valence-corrected chi connectivity index (χ1v) is 9.97. The molecule has 0 saturated carbocycles. The molecule has 0 aliphatic carbocycles. The number of amides is 1. The summed E-state index contributed by atoms with van der Waals surface area (Å²) in [6, 6.07) is 15.3. The van der Waals surface area contributed by atoms with E-state index in [1.807, 2.05) is 59.4 Å². The lowest BCUT2D eigenvalue weighted by Gasteiger charge is -2.09. The van der Waals surface area contributed by atoms with E-state index in [0.717, 1.165) is 21.9 Å². The van der Waals surface area contributed by atoms with E-state index < -0.39 is 0 Å². The maximum absolute atomic E-state index is 12.3. The van der Waals surface area contributed by atoms with Crippen molar-refractivity contribution in [3.8, 4) is 17.1 Å².